The third-order valence-electron chi connectivity index (χ3n) is 13.1. The van der Waals surface area contributed by atoms with Gasteiger partial charge < -0.3 is 18.4 Å². The zero-order chi connectivity index (χ0) is 45.1. The van der Waals surface area contributed by atoms with Gasteiger partial charge in [-0.3, -0.25) is 4.57 Å². The van der Waals surface area contributed by atoms with Crippen LogP contribution in [0.3, 0.4) is 0 Å². The summed E-state index contributed by atoms with van der Waals surface area (Å²) in [6, 6.07) is 81.8. The molecule has 13 rings (SSSR count). The number of pyridine rings is 1. The fourth-order valence-corrected chi connectivity index (χ4v) is 10.1. The summed E-state index contributed by atoms with van der Waals surface area (Å²) in [6.07, 6.45) is 6.59. The molecular formula is C62H41N5OPt-2. The first-order valence-electron chi connectivity index (χ1n) is 23.0. The van der Waals surface area contributed by atoms with Crippen LogP contribution in [0.25, 0.3) is 99.8 Å². The van der Waals surface area contributed by atoms with Crippen molar-refractivity contribution in [3.63, 3.8) is 0 Å². The molecule has 9 aromatic carbocycles. The van der Waals surface area contributed by atoms with Gasteiger partial charge in [-0.1, -0.05) is 176 Å². The molecule has 0 bridgehead atoms. The van der Waals surface area contributed by atoms with Gasteiger partial charge in [0.05, 0.1) is 27.8 Å². The van der Waals surface area contributed by atoms with Crippen molar-refractivity contribution in [1.29, 1.82) is 0 Å². The van der Waals surface area contributed by atoms with Crippen molar-refractivity contribution < 1.29 is 30.4 Å². The second-order valence-electron chi connectivity index (χ2n) is 17.0. The largest absolute Gasteiger partial charge is 0.510 e. The molecule has 7 heteroatoms. The molecule has 0 aliphatic heterocycles. The van der Waals surface area contributed by atoms with Gasteiger partial charge in [-0.2, -0.15) is 12.1 Å². The van der Waals surface area contributed by atoms with E-state index in [1.807, 2.05) is 18.3 Å². The molecule has 69 heavy (non-hydrogen) atoms. The van der Waals surface area contributed by atoms with Gasteiger partial charge in [0, 0.05) is 55.1 Å². The number of nitrogens with zero attached hydrogens (tertiary/aromatic N) is 5. The Morgan fingerprint density at radius 3 is 1.77 bits per heavy atom. The molecule has 6 nitrogen and oxygen atoms in total. The van der Waals surface area contributed by atoms with Gasteiger partial charge in [0.25, 0.3) is 6.33 Å². The standard InChI is InChI=1S/C62H41N5O.Pt/c1-2-42-35-36-63-60(37-42)67-55-32-14-11-27-52(55)61-58(66-53-30-12-9-25-50(53)51-26-10-13-31-54(51)66)39-47(40-59(61)67)68-46-24-17-23-45(38-46)64-41-65(57-34-16-15-33-56(57)64)62-48(43-19-5-3-6-20-43)28-18-29-49(62)44-21-7-4-8-22-44;/h3-37,39H,2H2,1H3;/q-2;. The van der Waals surface area contributed by atoms with Crippen LogP contribution in [-0.4, -0.2) is 18.7 Å². The van der Waals surface area contributed by atoms with E-state index < -0.39 is 0 Å². The van der Waals surface area contributed by atoms with E-state index in [0.29, 0.717) is 11.5 Å². The van der Waals surface area contributed by atoms with Crippen molar-refractivity contribution >= 4 is 54.6 Å². The van der Waals surface area contributed by atoms with Crippen LogP contribution < -0.4 is 9.30 Å². The first kappa shape index (κ1) is 42.1. The molecule has 0 unspecified atom stereocenters. The second-order valence-corrected chi connectivity index (χ2v) is 17.0. The smallest absolute Gasteiger partial charge is 0.268 e. The average Bonchev–Trinajstić information content (AvgIpc) is 4.07. The molecule has 0 fully saturated rings. The summed E-state index contributed by atoms with van der Waals surface area (Å²) in [5.74, 6) is 1.94. The Morgan fingerprint density at radius 1 is 0.522 bits per heavy atom. The van der Waals surface area contributed by atoms with Gasteiger partial charge in [0.2, 0.25) is 0 Å². The van der Waals surface area contributed by atoms with Crippen LogP contribution in [0.15, 0.2) is 219 Å². The summed E-state index contributed by atoms with van der Waals surface area (Å²) >= 11 is 0. The van der Waals surface area contributed by atoms with Crippen molar-refractivity contribution in [1.82, 2.24) is 18.7 Å². The van der Waals surface area contributed by atoms with Gasteiger partial charge in [0.15, 0.2) is 0 Å². The van der Waals surface area contributed by atoms with Crippen molar-refractivity contribution in [3.8, 4) is 56.6 Å². The maximum Gasteiger partial charge on any atom is 0.268 e. The summed E-state index contributed by atoms with van der Waals surface area (Å²) in [5.41, 5.74) is 14.6. The van der Waals surface area contributed by atoms with Crippen LogP contribution in [0.1, 0.15) is 12.5 Å². The minimum absolute atomic E-state index is 0. The number of ether oxygens (including phenoxy) is 1. The van der Waals surface area contributed by atoms with Crippen LogP contribution >= 0.6 is 0 Å². The second kappa shape index (κ2) is 17.4. The number of rotatable bonds is 9. The van der Waals surface area contributed by atoms with E-state index in [0.717, 1.165) is 95.4 Å². The van der Waals surface area contributed by atoms with Gasteiger partial charge in [-0.15, -0.1) is 24.3 Å². The predicted molar refractivity (Wildman–Crippen MR) is 275 cm³/mol. The summed E-state index contributed by atoms with van der Waals surface area (Å²) in [4.78, 5) is 4.96. The Bertz CT molecular complexity index is 3950. The summed E-state index contributed by atoms with van der Waals surface area (Å²) in [7, 11) is 0. The SMILES string of the molecule is CCc1ccnc(-n2c3[c-]c(Oc4[c-]c(-n5[c-][n+](-c6c(-c7ccccc7)cccc6-c6ccccc6)c6ccccc65)ccc4)cc(-n4c5ccccc5c5ccccc54)c3c3ccccc32)c1.[Pt]. The molecular weight excluding hydrogens is 1030 g/mol. The molecule has 0 saturated carbocycles. The molecule has 0 amide bonds. The first-order valence-corrected chi connectivity index (χ1v) is 23.0. The summed E-state index contributed by atoms with van der Waals surface area (Å²) in [5, 5.41) is 4.53. The van der Waals surface area contributed by atoms with Crippen molar-refractivity contribution in [3.05, 3.63) is 243 Å². The molecule has 0 N–H and O–H groups in total. The number of para-hydroxylation sites is 6. The van der Waals surface area contributed by atoms with Crippen LogP contribution in [0.4, 0.5) is 0 Å². The van der Waals surface area contributed by atoms with Crippen LogP contribution in [0.5, 0.6) is 11.5 Å². The van der Waals surface area contributed by atoms with Crippen LogP contribution in [-0.2, 0) is 27.5 Å². The van der Waals surface area contributed by atoms with Crippen molar-refractivity contribution in [2.75, 3.05) is 0 Å². The van der Waals surface area contributed by atoms with Gasteiger partial charge in [-0.05, 0) is 81.3 Å². The fourth-order valence-electron chi connectivity index (χ4n) is 10.1. The van der Waals surface area contributed by atoms with Gasteiger partial charge in [0.1, 0.15) is 5.82 Å². The molecule has 13 aromatic rings. The third kappa shape index (κ3) is 7.06. The fraction of sp³-hybridized carbons (Fsp3) is 0.0323. The number of imidazole rings is 1. The van der Waals surface area contributed by atoms with E-state index in [-0.39, 0.29) is 21.1 Å². The van der Waals surface area contributed by atoms with Crippen LogP contribution in [0, 0.1) is 18.5 Å². The Kier molecular flexibility index (Phi) is 10.6. The first-order chi connectivity index (χ1) is 33.7. The van der Waals surface area contributed by atoms with E-state index in [2.05, 4.69) is 244 Å². The number of hydrogen-bond donors (Lipinski definition) is 0. The number of aryl methyl sites for hydroxylation is 1. The minimum Gasteiger partial charge on any atom is -0.510 e. The Hall–Kier alpha value is -8.31. The quantitative estimate of drug-likeness (QED) is 0.107. The van der Waals surface area contributed by atoms with Gasteiger partial charge in [-0.25, -0.2) is 4.98 Å². The number of fused-ring (bicyclic) bond motifs is 7. The monoisotopic (exact) mass is 1070 g/mol. The Balaban J connectivity index is 0.00000492. The molecule has 332 valence electrons. The van der Waals surface area contributed by atoms with E-state index in [1.165, 1.54) is 16.3 Å². The van der Waals surface area contributed by atoms with E-state index in [1.54, 1.807) is 0 Å². The maximum atomic E-state index is 7.01. The van der Waals surface area contributed by atoms with Gasteiger partial charge >= 0.3 is 0 Å². The molecule has 0 saturated heterocycles. The molecule has 0 spiro atoms. The average molecular weight is 1070 g/mol. The predicted octanol–water partition coefficient (Wildman–Crippen LogP) is 14.6. The molecule has 0 radical (unpaired) electrons. The molecule has 0 aliphatic carbocycles. The molecule has 0 atom stereocenters. The van der Waals surface area contributed by atoms with Crippen molar-refractivity contribution in [2.24, 2.45) is 0 Å². The normalized spacial score (nSPS) is 11.5. The number of hydrogen-bond acceptors (Lipinski definition) is 2. The summed E-state index contributed by atoms with van der Waals surface area (Å²) < 4.78 is 15.9. The van der Waals surface area contributed by atoms with E-state index >= 15 is 0 Å². The maximum absolute atomic E-state index is 7.01. The zero-order valence-corrected chi connectivity index (χ0v) is 39.7. The van der Waals surface area contributed by atoms with Crippen molar-refractivity contribution in [2.45, 2.75) is 13.3 Å². The number of aromatic nitrogens is 5. The minimum atomic E-state index is 0. The Morgan fingerprint density at radius 2 is 1.10 bits per heavy atom. The number of benzene rings is 9. The van der Waals surface area contributed by atoms with E-state index in [4.69, 9.17) is 9.72 Å². The third-order valence-corrected chi connectivity index (χ3v) is 13.1. The van der Waals surface area contributed by atoms with E-state index in [9.17, 15) is 0 Å². The summed E-state index contributed by atoms with van der Waals surface area (Å²) in [6.45, 7) is 2.17. The Labute approximate surface area is 413 Å². The van der Waals surface area contributed by atoms with Crippen LogP contribution in [0.2, 0.25) is 0 Å². The molecule has 0 aliphatic rings. The topological polar surface area (TPSA) is 40.8 Å². The zero-order valence-electron chi connectivity index (χ0n) is 37.5. The molecule has 4 heterocycles. The molecule has 4 aromatic heterocycles.